The zero-order valence-corrected chi connectivity index (χ0v) is 11.9. The molecule has 0 radical (unpaired) electrons. The number of nitrogens with two attached hydrogens (primary N) is 1. The van der Waals surface area contributed by atoms with E-state index < -0.39 is 0 Å². The molecule has 0 bridgehead atoms. The lowest BCUT2D eigenvalue weighted by molar-refractivity contribution is 0.112. The van der Waals surface area contributed by atoms with E-state index in [2.05, 4.69) is 5.10 Å². The van der Waals surface area contributed by atoms with Crippen LogP contribution in [-0.2, 0) is 6.54 Å². The molecule has 0 fully saturated rings. The van der Waals surface area contributed by atoms with Crippen LogP contribution in [0.4, 0.5) is 10.2 Å². The van der Waals surface area contributed by atoms with Gasteiger partial charge in [0, 0.05) is 12.1 Å². The van der Waals surface area contributed by atoms with Crippen LogP contribution in [0.3, 0.4) is 0 Å². The highest BCUT2D eigenvalue weighted by atomic mass is 19.1. The van der Waals surface area contributed by atoms with Crippen molar-refractivity contribution >= 4 is 12.1 Å². The van der Waals surface area contributed by atoms with E-state index in [4.69, 9.17) is 5.73 Å². The molecule has 1 aromatic carbocycles. The summed E-state index contributed by atoms with van der Waals surface area (Å²) in [7, 11) is 0. The van der Waals surface area contributed by atoms with E-state index in [1.54, 1.807) is 23.7 Å². The number of rotatable bonds is 4. The summed E-state index contributed by atoms with van der Waals surface area (Å²) < 4.78 is 15.0. The monoisotopic (exact) mass is 275 g/mol. The summed E-state index contributed by atoms with van der Waals surface area (Å²) in [6, 6.07) is 4.65. The van der Waals surface area contributed by atoms with Crippen molar-refractivity contribution < 1.29 is 9.18 Å². The van der Waals surface area contributed by atoms with Gasteiger partial charge in [-0.2, -0.15) is 5.10 Å². The number of carbonyl (C=O) groups is 1. The molecule has 0 aliphatic carbocycles. The second kappa shape index (κ2) is 5.45. The molecule has 4 nitrogen and oxygen atoms in total. The normalized spacial score (nSPS) is 11.1. The van der Waals surface area contributed by atoms with E-state index in [0.29, 0.717) is 47.0 Å². The minimum absolute atomic E-state index is 0.281. The maximum atomic E-state index is 13.3. The van der Waals surface area contributed by atoms with Gasteiger partial charge >= 0.3 is 0 Å². The van der Waals surface area contributed by atoms with Gasteiger partial charge in [-0.3, -0.25) is 4.79 Å². The van der Waals surface area contributed by atoms with Gasteiger partial charge in [0.15, 0.2) is 6.29 Å². The second-order valence-electron chi connectivity index (χ2n) is 5.31. The van der Waals surface area contributed by atoms with Crippen molar-refractivity contribution in [3.8, 4) is 11.3 Å². The molecule has 0 aliphatic rings. The topological polar surface area (TPSA) is 60.9 Å². The third-order valence-electron chi connectivity index (χ3n) is 3.12. The Labute approximate surface area is 117 Å². The van der Waals surface area contributed by atoms with Crippen LogP contribution in [0, 0.1) is 18.7 Å². The molecule has 0 saturated heterocycles. The number of aldehydes is 1. The highest BCUT2D eigenvalue weighted by Crippen LogP contribution is 2.27. The smallest absolute Gasteiger partial charge is 0.156 e. The lowest BCUT2D eigenvalue weighted by Crippen LogP contribution is -2.09. The molecule has 0 amide bonds. The summed E-state index contributed by atoms with van der Waals surface area (Å²) in [5.74, 6) is 0.432. The molecule has 0 atom stereocenters. The van der Waals surface area contributed by atoms with E-state index in [0.717, 1.165) is 0 Å². The summed E-state index contributed by atoms with van der Waals surface area (Å²) >= 11 is 0. The predicted octanol–water partition coefficient (Wildman–Crippen LogP) is 3.05. The Bertz CT molecular complexity index is 647. The van der Waals surface area contributed by atoms with Crippen molar-refractivity contribution in [2.75, 3.05) is 5.73 Å². The highest BCUT2D eigenvalue weighted by Gasteiger charge is 2.17. The largest absolute Gasteiger partial charge is 0.383 e. The molecule has 0 spiro atoms. The molecular formula is C15H18FN3O. The van der Waals surface area contributed by atoms with Crippen LogP contribution in [0.25, 0.3) is 11.3 Å². The van der Waals surface area contributed by atoms with Crippen molar-refractivity contribution in [1.82, 2.24) is 9.78 Å². The summed E-state index contributed by atoms with van der Waals surface area (Å²) in [4.78, 5) is 11.3. The molecule has 0 saturated carbocycles. The lowest BCUT2D eigenvalue weighted by atomic mass is 10.1. The minimum Gasteiger partial charge on any atom is -0.383 e. The average Bonchev–Trinajstić information content (AvgIpc) is 2.69. The second-order valence-corrected chi connectivity index (χ2v) is 5.31. The average molecular weight is 275 g/mol. The standard InChI is InChI=1S/C15H18FN3O/c1-9(2)7-19-15(17)12(8-20)14(18-19)11-4-5-13(16)10(3)6-11/h4-6,8-9H,7,17H2,1-3H3. The zero-order valence-electron chi connectivity index (χ0n) is 11.9. The van der Waals surface area contributed by atoms with Gasteiger partial charge in [0.1, 0.15) is 17.3 Å². The maximum Gasteiger partial charge on any atom is 0.156 e. The Morgan fingerprint density at radius 1 is 1.45 bits per heavy atom. The van der Waals surface area contributed by atoms with Gasteiger partial charge in [-0.05, 0) is 36.6 Å². The summed E-state index contributed by atoms with van der Waals surface area (Å²) in [5.41, 5.74) is 8.03. The Morgan fingerprint density at radius 2 is 2.15 bits per heavy atom. The quantitative estimate of drug-likeness (QED) is 0.872. The molecule has 1 aromatic heterocycles. The summed E-state index contributed by atoms with van der Waals surface area (Å²) in [5, 5.41) is 4.40. The first-order valence-electron chi connectivity index (χ1n) is 6.52. The van der Waals surface area contributed by atoms with Gasteiger partial charge in [-0.25, -0.2) is 9.07 Å². The van der Waals surface area contributed by atoms with Crippen LogP contribution >= 0.6 is 0 Å². The van der Waals surface area contributed by atoms with Crippen LogP contribution in [0.5, 0.6) is 0 Å². The van der Waals surface area contributed by atoms with Gasteiger partial charge in [0.2, 0.25) is 0 Å². The summed E-state index contributed by atoms with van der Waals surface area (Å²) in [6.07, 6.45) is 0.702. The first kappa shape index (κ1) is 14.2. The Morgan fingerprint density at radius 3 is 2.70 bits per heavy atom. The number of nitrogens with zero attached hydrogens (tertiary/aromatic N) is 2. The van der Waals surface area contributed by atoms with Crippen LogP contribution in [-0.4, -0.2) is 16.1 Å². The minimum atomic E-state index is -0.281. The van der Waals surface area contributed by atoms with Gasteiger partial charge < -0.3 is 5.73 Å². The van der Waals surface area contributed by atoms with E-state index in [1.165, 1.54) is 6.07 Å². The van der Waals surface area contributed by atoms with E-state index in [9.17, 15) is 9.18 Å². The number of hydrogen-bond acceptors (Lipinski definition) is 3. The highest BCUT2D eigenvalue weighted by molar-refractivity contribution is 5.91. The van der Waals surface area contributed by atoms with Gasteiger partial charge in [0.25, 0.3) is 0 Å². The fourth-order valence-corrected chi connectivity index (χ4v) is 2.10. The number of anilines is 1. The molecule has 2 N–H and O–H groups in total. The molecule has 0 aliphatic heterocycles. The van der Waals surface area contributed by atoms with Gasteiger partial charge in [-0.15, -0.1) is 0 Å². The van der Waals surface area contributed by atoms with Crippen LogP contribution in [0.15, 0.2) is 18.2 Å². The van der Waals surface area contributed by atoms with Crippen molar-refractivity contribution in [3.05, 3.63) is 35.1 Å². The first-order chi connectivity index (χ1) is 9.43. The van der Waals surface area contributed by atoms with Crippen molar-refractivity contribution in [3.63, 3.8) is 0 Å². The zero-order chi connectivity index (χ0) is 14.9. The molecule has 1 heterocycles. The SMILES string of the molecule is Cc1cc(-c2nn(CC(C)C)c(N)c2C=O)ccc1F. The van der Waals surface area contributed by atoms with Crippen molar-refractivity contribution in [2.45, 2.75) is 27.3 Å². The van der Waals surface area contributed by atoms with Crippen molar-refractivity contribution in [2.24, 2.45) is 5.92 Å². The molecule has 2 aromatic rings. The molecule has 20 heavy (non-hydrogen) atoms. The predicted molar refractivity (Wildman–Crippen MR) is 77.0 cm³/mol. The first-order valence-corrected chi connectivity index (χ1v) is 6.52. The Balaban J connectivity index is 2.55. The van der Waals surface area contributed by atoms with E-state index in [1.807, 2.05) is 13.8 Å². The molecule has 106 valence electrons. The fraction of sp³-hybridized carbons (Fsp3) is 0.333. The molecular weight excluding hydrogens is 257 g/mol. The van der Waals surface area contributed by atoms with Crippen molar-refractivity contribution in [1.29, 1.82) is 0 Å². The van der Waals surface area contributed by atoms with Gasteiger partial charge in [-0.1, -0.05) is 13.8 Å². The Kier molecular flexibility index (Phi) is 3.88. The molecule has 2 rings (SSSR count). The maximum absolute atomic E-state index is 13.3. The van der Waals surface area contributed by atoms with E-state index >= 15 is 0 Å². The number of benzene rings is 1. The number of halogens is 1. The third kappa shape index (κ3) is 2.57. The van der Waals surface area contributed by atoms with E-state index in [-0.39, 0.29) is 5.82 Å². The molecule has 5 heteroatoms. The number of nitrogen functional groups attached to an aromatic ring is 1. The van der Waals surface area contributed by atoms with Gasteiger partial charge in [0.05, 0.1) is 5.56 Å². The van der Waals surface area contributed by atoms with Crippen LogP contribution < -0.4 is 5.73 Å². The number of carbonyl (C=O) groups excluding carboxylic acids is 1. The third-order valence-corrected chi connectivity index (χ3v) is 3.12. The number of aromatic nitrogens is 2. The number of aryl methyl sites for hydroxylation is 1. The fourth-order valence-electron chi connectivity index (χ4n) is 2.10. The summed E-state index contributed by atoms with van der Waals surface area (Å²) in [6.45, 7) is 6.40. The van der Waals surface area contributed by atoms with Crippen LogP contribution in [0.2, 0.25) is 0 Å². The number of hydrogen-bond donors (Lipinski definition) is 1. The van der Waals surface area contributed by atoms with Crippen LogP contribution in [0.1, 0.15) is 29.8 Å². The lowest BCUT2D eigenvalue weighted by Gasteiger charge is -2.06. The Hall–Kier alpha value is -2.17. The molecule has 0 unspecified atom stereocenters.